The van der Waals surface area contributed by atoms with Gasteiger partial charge in [0.05, 0.1) is 11.8 Å². The van der Waals surface area contributed by atoms with Crippen LogP contribution in [0.25, 0.3) is 0 Å². The van der Waals surface area contributed by atoms with Crippen LogP contribution >= 0.6 is 11.6 Å². The number of nitrogens with one attached hydrogen (secondary N) is 1. The lowest BCUT2D eigenvalue weighted by atomic mass is 9.75. The second-order valence-corrected chi connectivity index (χ2v) is 13.6. The summed E-state index contributed by atoms with van der Waals surface area (Å²) in [5.41, 5.74) is 2.38. The minimum Gasteiger partial charge on any atom is -0.460 e. The molecule has 3 aliphatic rings. The van der Waals surface area contributed by atoms with Crippen molar-refractivity contribution in [2.75, 3.05) is 32.7 Å². The van der Waals surface area contributed by atoms with Crippen molar-refractivity contribution in [3.05, 3.63) is 46.0 Å². The minimum absolute atomic E-state index is 0.00569. The molecule has 1 aromatic carbocycles. The van der Waals surface area contributed by atoms with Gasteiger partial charge >= 0.3 is 5.97 Å². The zero-order chi connectivity index (χ0) is 28.2. The van der Waals surface area contributed by atoms with Gasteiger partial charge in [-0.05, 0) is 89.3 Å². The molecular weight excluding hydrogens is 510 g/mol. The number of hydrogen-bond donors (Lipinski definition) is 1. The summed E-state index contributed by atoms with van der Waals surface area (Å²) in [6, 6.07) is 6.09. The van der Waals surface area contributed by atoms with E-state index in [1.165, 1.54) is 25.7 Å². The molecule has 6 nitrogen and oxygen atoms in total. The first-order valence-corrected chi connectivity index (χ1v) is 15.2. The molecule has 7 heteroatoms. The Labute approximate surface area is 240 Å². The van der Waals surface area contributed by atoms with Gasteiger partial charge in [0.15, 0.2) is 0 Å². The fraction of sp³-hybridized carbons (Fsp3) is 0.688. The van der Waals surface area contributed by atoms with Gasteiger partial charge in [-0.3, -0.25) is 19.4 Å². The molecule has 0 bridgehead atoms. The lowest BCUT2D eigenvalue weighted by Crippen LogP contribution is -2.53. The number of aryl methyl sites for hydroxylation is 1. The summed E-state index contributed by atoms with van der Waals surface area (Å²) in [6.07, 6.45) is 9.47. The standard InChI is InChI=1S/C32H48ClN3O3/c1-23-10-9-13-28(33)27(23)21-36-19-24(2)32(22-36,18-29(37)39-31(3,4)5)30(38)34-26-14-16-35(17-15-26)20-25-11-7-6-8-12-25/h9-11,13,24,26H,6-8,12,14-22H2,1-5H3,(H,34,38). The van der Waals surface area contributed by atoms with Gasteiger partial charge in [-0.15, -0.1) is 0 Å². The van der Waals surface area contributed by atoms with E-state index in [-0.39, 0.29) is 30.3 Å². The zero-order valence-electron chi connectivity index (χ0n) is 24.7. The Kier molecular flexibility index (Phi) is 9.83. The first kappa shape index (κ1) is 30.1. The van der Waals surface area contributed by atoms with Gasteiger partial charge in [-0.2, -0.15) is 0 Å². The van der Waals surface area contributed by atoms with E-state index in [4.69, 9.17) is 16.3 Å². The van der Waals surface area contributed by atoms with Crippen molar-refractivity contribution < 1.29 is 14.3 Å². The number of piperidine rings is 1. The van der Waals surface area contributed by atoms with E-state index in [0.717, 1.165) is 55.2 Å². The fourth-order valence-electron chi connectivity index (χ4n) is 6.53. The average Bonchev–Trinajstić information content (AvgIpc) is 3.17. The lowest BCUT2D eigenvalue weighted by molar-refractivity contribution is -0.161. The topological polar surface area (TPSA) is 61.9 Å². The van der Waals surface area contributed by atoms with E-state index in [1.807, 2.05) is 32.9 Å². The van der Waals surface area contributed by atoms with Crippen molar-refractivity contribution in [3.63, 3.8) is 0 Å². The van der Waals surface area contributed by atoms with E-state index in [0.29, 0.717) is 13.1 Å². The summed E-state index contributed by atoms with van der Waals surface area (Å²) in [5, 5.41) is 4.13. The number of amides is 1. The van der Waals surface area contributed by atoms with Gasteiger partial charge in [0.1, 0.15) is 5.60 Å². The maximum Gasteiger partial charge on any atom is 0.307 e. The van der Waals surface area contributed by atoms with Gasteiger partial charge in [-0.1, -0.05) is 42.3 Å². The van der Waals surface area contributed by atoms with Gasteiger partial charge < -0.3 is 10.1 Å². The highest BCUT2D eigenvalue weighted by Gasteiger charge is 2.52. The first-order valence-electron chi connectivity index (χ1n) is 14.8. The molecule has 39 heavy (non-hydrogen) atoms. The van der Waals surface area contributed by atoms with Crippen LogP contribution in [-0.4, -0.2) is 66.0 Å². The molecule has 2 saturated heterocycles. The van der Waals surface area contributed by atoms with E-state index in [2.05, 4.69) is 41.1 Å². The van der Waals surface area contributed by atoms with Gasteiger partial charge in [-0.25, -0.2) is 0 Å². The molecule has 0 saturated carbocycles. The van der Waals surface area contributed by atoms with Gasteiger partial charge in [0.25, 0.3) is 0 Å². The predicted octanol–water partition coefficient (Wildman–Crippen LogP) is 5.90. The molecule has 2 aliphatic heterocycles. The molecule has 0 radical (unpaired) electrons. The smallest absolute Gasteiger partial charge is 0.307 e. The molecule has 2 fully saturated rings. The van der Waals surface area contributed by atoms with Gasteiger partial charge in [0, 0.05) is 50.3 Å². The highest BCUT2D eigenvalue weighted by Crippen LogP contribution is 2.41. The third-order valence-corrected chi connectivity index (χ3v) is 9.14. The summed E-state index contributed by atoms with van der Waals surface area (Å²) < 4.78 is 5.72. The Hall–Kier alpha value is -1.89. The number of halogens is 1. The summed E-state index contributed by atoms with van der Waals surface area (Å²) in [7, 11) is 0. The minimum atomic E-state index is -0.832. The second-order valence-electron chi connectivity index (χ2n) is 13.2. The maximum absolute atomic E-state index is 14.1. The van der Waals surface area contributed by atoms with E-state index in [1.54, 1.807) is 5.57 Å². The normalized spacial score (nSPS) is 25.4. The monoisotopic (exact) mass is 557 g/mol. The third kappa shape index (κ3) is 7.86. The van der Waals surface area contributed by atoms with E-state index >= 15 is 0 Å². The number of likely N-dealkylation sites (tertiary alicyclic amines) is 2. The number of carbonyl (C=O) groups is 2. The van der Waals surface area contributed by atoms with Crippen LogP contribution in [-0.2, 0) is 20.9 Å². The molecule has 1 aromatic rings. The van der Waals surface area contributed by atoms with E-state index in [9.17, 15) is 9.59 Å². The highest BCUT2D eigenvalue weighted by atomic mass is 35.5. The quantitative estimate of drug-likeness (QED) is 0.318. The van der Waals surface area contributed by atoms with Crippen LogP contribution in [0.4, 0.5) is 0 Å². The van der Waals surface area contributed by atoms with Crippen molar-refractivity contribution in [1.29, 1.82) is 0 Å². The molecule has 216 valence electrons. The number of benzene rings is 1. The Bertz CT molecular complexity index is 1040. The van der Waals surface area contributed by atoms with Crippen molar-refractivity contribution in [2.45, 2.75) is 97.8 Å². The molecule has 2 heterocycles. The van der Waals surface area contributed by atoms with Crippen molar-refractivity contribution in [2.24, 2.45) is 11.3 Å². The highest BCUT2D eigenvalue weighted by molar-refractivity contribution is 6.31. The van der Waals surface area contributed by atoms with Gasteiger partial charge in [0.2, 0.25) is 5.91 Å². The second kappa shape index (κ2) is 12.7. The zero-order valence-corrected chi connectivity index (χ0v) is 25.4. The Morgan fingerprint density at radius 2 is 1.87 bits per heavy atom. The van der Waals surface area contributed by atoms with Crippen LogP contribution < -0.4 is 5.32 Å². The van der Waals surface area contributed by atoms with Crippen LogP contribution in [0.15, 0.2) is 29.8 Å². The Balaban J connectivity index is 1.44. The lowest BCUT2D eigenvalue weighted by Gasteiger charge is -2.37. The molecule has 2 atom stereocenters. The number of allylic oxidation sites excluding steroid dienone is 1. The molecule has 1 aliphatic carbocycles. The molecule has 0 spiro atoms. The van der Waals surface area contributed by atoms with Crippen LogP contribution in [0.2, 0.25) is 5.02 Å². The van der Waals surface area contributed by atoms with Crippen LogP contribution in [0, 0.1) is 18.3 Å². The molecule has 4 rings (SSSR count). The molecule has 2 unspecified atom stereocenters. The van der Waals surface area contributed by atoms with Crippen molar-refractivity contribution in [1.82, 2.24) is 15.1 Å². The van der Waals surface area contributed by atoms with Crippen LogP contribution in [0.3, 0.4) is 0 Å². The predicted molar refractivity (Wildman–Crippen MR) is 158 cm³/mol. The van der Waals surface area contributed by atoms with Crippen molar-refractivity contribution >= 4 is 23.5 Å². The first-order chi connectivity index (χ1) is 18.4. The SMILES string of the molecule is Cc1cccc(Cl)c1CN1CC(C)C(CC(=O)OC(C)(C)C)(C(=O)NC2CCN(CC3=CCCCC3)CC2)C1. The fourth-order valence-corrected chi connectivity index (χ4v) is 6.81. The van der Waals surface area contributed by atoms with Crippen molar-refractivity contribution in [3.8, 4) is 0 Å². The van der Waals surface area contributed by atoms with E-state index < -0.39 is 11.0 Å². The summed E-state index contributed by atoms with van der Waals surface area (Å²) in [6.45, 7) is 14.7. The Morgan fingerprint density at radius 1 is 1.13 bits per heavy atom. The van der Waals surface area contributed by atoms with Crippen LogP contribution in [0.5, 0.6) is 0 Å². The summed E-state index contributed by atoms with van der Waals surface area (Å²) >= 11 is 6.55. The Morgan fingerprint density at radius 3 is 2.51 bits per heavy atom. The average molecular weight is 558 g/mol. The van der Waals surface area contributed by atoms with Crippen LogP contribution in [0.1, 0.15) is 83.8 Å². The number of nitrogens with zero attached hydrogens (tertiary/aromatic N) is 2. The largest absolute Gasteiger partial charge is 0.460 e. The molecular formula is C32H48ClN3O3. The number of rotatable bonds is 8. The molecule has 1 N–H and O–H groups in total. The number of ether oxygens (including phenoxy) is 1. The third-order valence-electron chi connectivity index (χ3n) is 8.78. The molecule has 0 aromatic heterocycles. The molecule has 1 amide bonds. The maximum atomic E-state index is 14.1. The number of hydrogen-bond acceptors (Lipinski definition) is 5. The number of carbonyl (C=O) groups excluding carboxylic acids is 2. The number of esters is 1. The summed E-state index contributed by atoms with van der Waals surface area (Å²) in [5.74, 6) is -0.310. The summed E-state index contributed by atoms with van der Waals surface area (Å²) in [4.78, 5) is 32.0.